The Labute approximate surface area is 146 Å². The van der Waals surface area contributed by atoms with Crippen LogP contribution in [0.15, 0.2) is 60.8 Å². The van der Waals surface area contributed by atoms with E-state index < -0.39 is 0 Å². The van der Waals surface area contributed by atoms with Gasteiger partial charge in [0.2, 0.25) is 0 Å². The molecule has 2 heterocycles. The summed E-state index contributed by atoms with van der Waals surface area (Å²) in [5.74, 6) is 0.456. The molecule has 0 bridgehead atoms. The van der Waals surface area contributed by atoms with Gasteiger partial charge in [0.15, 0.2) is 11.6 Å². The Morgan fingerprint density at radius 1 is 1.12 bits per heavy atom. The number of hydrogen-bond donors (Lipinski definition) is 1. The van der Waals surface area contributed by atoms with Gasteiger partial charge in [0.05, 0.1) is 12.2 Å². The summed E-state index contributed by atoms with van der Waals surface area (Å²) in [4.78, 5) is 0. The largest absolute Gasteiger partial charge is 0.454 e. The lowest BCUT2D eigenvalue weighted by Gasteiger charge is -2.09. The van der Waals surface area contributed by atoms with E-state index in [9.17, 15) is 4.39 Å². The molecule has 128 valence electrons. The van der Waals surface area contributed by atoms with E-state index >= 15 is 0 Å². The molecule has 1 fully saturated rings. The van der Waals surface area contributed by atoms with Gasteiger partial charge in [0.1, 0.15) is 5.75 Å². The second-order valence-electron chi connectivity index (χ2n) is 6.27. The molecule has 1 aromatic heterocycles. The third kappa shape index (κ3) is 3.72. The van der Waals surface area contributed by atoms with E-state index in [1.165, 1.54) is 18.9 Å². The highest BCUT2D eigenvalue weighted by molar-refractivity contribution is 5.59. The average Bonchev–Trinajstić information content (AvgIpc) is 3.30. The molecular weight excluding hydrogens is 317 g/mol. The first kappa shape index (κ1) is 15.8. The molecule has 4 nitrogen and oxygen atoms in total. The van der Waals surface area contributed by atoms with E-state index in [0.29, 0.717) is 11.8 Å². The van der Waals surface area contributed by atoms with Gasteiger partial charge < -0.3 is 10.1 Å². The summed E-state index contributed by atoms with van der Waals surface area (Å²) in [5, 5.41) is 8.13. The van der Waals surface area contributed by atoms with Gasteiger partial charge in [-0.15, -0.1) is 0 Å². The Kier molecular flexibility index (Phi) is 4.48. The van der Waals surface area contributed by atoms with Crippen molar-refractivity contribution >= 4 is 0 Å². The minimum atomic E-state index is -0.370. The Hall–Kier alpha value is -2.66. The Balaban J connectivity index is 1.45. The Bertz CT molecular complexity index is 838. The molecule has 0 saturated carbocycles. The summed E-state index contributed by atoms with van der Waals surface area (Å²) >= 11 is 0. The van der Waals surface area contributed by atoms with E-state index in [-0.39, 0.29) is 11.6 Å². The Morgan fingerprint density at radius 3 is 2.72 bits per heavy atom. The zero-order valence-corrected chi connectivity index (χ0v) is 13.9. The van der Waals surface area contributed by atoms with E-state index in [1.807, 2.05) is 41.2 Å². The van der Waals surface area contributed by atoms with E-state index in [1.54, 1.807) is 18.2 Å². The number of nitrogens with one attached hydrogen (secondary N) is 1. The molecule has 1 saturated heterocycles. The number of nitrogens with zero attached hydrogens (tertiary/aromatic N) is 2. The SMILES string of the molecule is Fc1ccccc1Oc1ccc(-c2ccn(CC3CCCN3)n2)cc1. The quantitative estimate of drug-likeness (QED) is 0.757. The molecule has 0 aliphatic carbocycles. The first-order chi connectivity index (χ1) is 12.3. The molecule has 0 radical (unpaired) electrons. The van der Waals surface area contributed by atoms with Crippen molar-refractivity contribution in [2.75, 3.05) is 6.54 Å². The normalized spacial score (nSPS) is 16.9. The fourth-order valence-electron chi connectivity index (χ4n) is 3.10. The highest BCUT2D eigenvalue weighted by Crippen LogP contribution is 2.26. The zero-order chi connectivity index (χ0) is 17.1. The van der Waals surface area contributed by atoms with Crippen LogP contribution in [0.1, 0.15) is 12.8 Å². The molecular formula is C20H20FN3O. The topological polar surface area (TPSA) is 39.1 Å². The molecule has 25 heavy (non-hydrogen) atoms. The number of ether oxygens (including phenoxy) is 1. The summed E-state index contributed by atoms with van der Waals surface area (Å²) in [5.41, 5.74) is 1.94. The number of aromatic nitrogens is 2. The van der Waals surface area contributed by atoms with Gasteiger partial charge in [0, 0.05) is 17.8 Å². The maximum atomic E-state index is 13.6. The lowest BCUT2D eigenvalue weighted by Crippen LogP contribution is -2.26. The van der Waals surface area contributed by atoms with Crippen molar-refractivity contribution in [2.45, 2.75) is 25.4 Å². The van der Waals surface area contributed by atoms with Crippen molar-refractivity contribution < 1.29 is 9.13 Å². The number of hydrogen-bond acceptors (Lipinski definition) is 3. The lowest BCUT2D eigenvalue weighted by molar-refractivity contribution is 0.442. The van der Waals surface area contributed by atoms with Crippen molar-refractivity contribution in [1.82, 2.24) is 15.1 Å². The molecule has 3 aromatic rings. The van der Waals surface area contributed by atoms with Crippen LogP contribution >= 0.6 is 0 Å². The molecule has 2 aromatic carbocycles. The number of halogens is 1. The second kappa shape index (κ2) is 7.07. The van der Waals surface area contributed by atoms with Crippen molar-refractivity contribution in [3.05, 3.63) is 66.6 Å². The van der Waals surface area contributed by atoms with Crippen LogP contribution in [0.2, 0.25) is 0 Å². The van der Waals surface area contributed by atoms with Crippen molar-refractivity contribution in [2.24, 2.45) is 0 Å². The smallest absolute Gasteiger partial charge is 0.165 e. The summed E-state index contributed by atoms with van der Waals surface area (Å²) in [7, 11) is 0. The molecule has 1 atom stereocenters. The molecule has 1 aliphatic rings. The van der Waals surface area contributed by atoms with Crippen LogP contribution in [0, 0.1) is 5.82 Å². The van der Waals surface area contributed by atoms with Gasteiger partial charge in [-0.05, 0) is 61.9 Å². The summed E-state index contributed by atoms with van der Waals surface area (Å²) < 4.78 is 21.2. The first-order valence-corrected chi connectivity index (χ1v) is 8.57. The van der Waals surface area contributed by atoms with Crippen LogP contribution in [0.3, 0.4) is 0 Å². The maximum absolute atomic E-state index is 13.6. The van der Waals surface area contributed by atoms with Crippen molar-refractivity contribution in [3.63, 3.8) is 0 Å². The standard InChI is InChI=1S/C20H20FN3O/c21-18-5-1-2-6-20(18)25-17-9-7-15(8-10-17)19-11-13-24(23-19)14-16-4-3-12-22-16/h1-2,5-11,13,16,22H,3-4,12,14H2. The molecule has 0 spiro atoms. The highest BCUT2D eigenvalue weighted by atomic mass is 19.1. The monoisotopic (exact) mass is 337 g/mol. The van der Waals surface area contributed by atoms with Crippen LogP contribution in [-0.4, -0.2) is 22.4 Å². The van der Waals surface area contributed by atoms with Gasteiger partial charge in [-0.3, -0.25) is 4.68 Å². The van der Waals surface area contributed by atoms with Gasteiger partial charge in [0.25, 0.3) is 0 Å². The molecule has 0 amide bonds. The highest BCUT2D eigenvalue weighted by Gasteiger charge is 2.15. The minimum Gasteiger partial charge on any atom is -0.454 e. The second-order valence-corrected chi connectivity index (χ2v) is 6.27. The van der Waals surface area contributed by atoms with E-state index in [0.717, 1.165) is 24.3 Å². The van der Waals surface area contributed by atoms with Crippen LogP contribution in [0.4, 0.5) is 4.39 Å². The lowest BCUT2D eigenvalue weighted by atomic mass is 10.1. The predicted octanol–water partition coefficient (Wildman–Crippen LogP) is 4.23. The number of para-hydroxylation sites is 1. The average molecular weight is 337 g/mol. The Morgan fingerprint density at radius 2 is 1.96 bits per heavy atom. The van der Waals surface area contributed by atoms with Crippen LogP contribution in [0.5, 0.6) is 11.5 Å². The van der Waals surface area contributed by atoms with Crippen molar-refractivity contribution in [3.8, 4) is 22.8 Å². The fourth-order valence-corrected chi connectivity index (χ4v) is 3.10. The van der Waals surface area contributed by atoms with Crippen LogP contribution < -0.4 is 10.1 Å². The fraction of sp³-hybridized carbons (Fsp3) is 0.250. The summed E-state index contributed by atoms with van der Waals surface area (Å²) in [6.45, 7) is 2.00. The van der Waals surface area contributed by atoms with Crippen LogP contribution in [-0.2, 0) is 6.54 Å². The third-order valence-electron chi connectivity index (χ3n) is 4.43. The van der Waals surface area contributed by atoms with Crippen LogP contribution in [0.25, 0.3) is 11.3 Å². The van der Waals surface area contributed by atoms with Crippen molar-refractivity contribution in [1.29, 1.82) is 0 Å². The van der Waals surface area contributed by atoms with E-state index in [4.69, 9.17) is 4.74 Å². The van der Waals surface area contributed by atoms with Gasteiger partial charge in [-0.2, -0.15) is 5.10 Å². The summed E-state index contributed by atoms with van der Waals surface area (Å²) in [6, 6.07) is 16.5. The molecule has 1 N–H and O–H groups in total. The van der Waals surface area contributed by atoms with E-state index in [2.05, 4.69) is 10.4 Å². The van der Waals surface area contributed by atoms with Gasteiger partial charge >= 0.3 is 0 Å². The molecule has 5 heteroatoms. The molecule has 1 aliphatic heterocycles. The zero-order valence-electron chi connectivity index (χ0n) is 13.9. The predicted molar refractivity (Wildman–Crippen MR) is 95.2 cm³/mol. The first-order valence-electron chi connectivity index (χ1n) is 8.57. The maximum Gasteiger partial charge on any atom is 0.165 e. The molecule has 4 rings (SSSR count). The van der Waals surface area contributed by atoms with Gasteiger partial charge in [-0.25, -0.2) is 4.39 Å². The summed E-state index contributed by atoms with van der Waals surface area (Å²) in [6.07, 6.45) is 4.46. The number of rotatable bonds is 5. The molecule has 1 unspecified atom stereocenters. The van der Waals surface area contributed by atoms with Gasteiger partial charge in [-0.1, -0.05) is 12.1 Å². The third-order valence-corrected chi connectivity index (χ3v) is 4.43. The minimum absolute atomic E-state index is 0.226. The number of benzene rings is 2.